The first-order valence-corrected chi connectivity index (χ1v) is 7.22. The first-order valence-electron chi connectivity index (χ1n) is 6.34. The van der Waals surface area contributed by atoms with Gasteiger partial charge in [-0.25, -0.2) is 0 Å². The van der Waals surface area contributed by atoms with Crippen LogP contribution < -0.4 is 0 Å². The maximum absolute atomic E-state index is 12.2. The van der Waals surface area contributed by atoms with Crippen LogP contribution in [0.25, 0.3) is 0 Å². The lowest BCUT2D eigenvalue weighted by molar-refractivity contribution is -0.119. The highest BCUT2D eigenvalue weighted by atomic mass is 32.2. The second kappa shape index (κ2) is 5.45. The Hall–Kier alpha value is -0.800. The molecule has 1 aliphatic heterocycles. The first-order chi connectivity index (χ1) is 8.52. The maximum Gasteiger partial charge on any atom is 0.146 e. The number of thioether (sulfide) groups is 1. The van der Waals surface area contributed by atoms with Crippen LogP contribution in [0.3, 0.4) is 0 Å². The molecule has 0 saturated heterocycles. The van der Waals surface area contributed by atoms with Crippen molar-refractivity contribution in [2.75, 3.05) is 7.11 Å². The molecule has 1 aliphatic rings. The second-order valence-corrected chi connectivity index (χ2v) is 6.59. The van der Waals surface area contributed by atoms with E-state index < -0.39 is 0 Å². The molecule has 0 spiro atoms. The molecule has 2 nitrogen and oxygen atoms in total. The average Bonchev–Trinajstić information content (AvgIpc) is 2.80. The molecule has 0 amide bonds. The molecule has 98 valence electrons. The molecule has 0 aromatic heterocycles. The van der Waals surface area contributed by atoms with Crippen LogP contribution in [0.5, 0.6) is 0 Å². The molecule has 1 aromatic carbocycles. The van der Waals surface area contributed by atoms with E-state index in [9.17, 15) is 4.79 Å². The van der Waals surface area contributed by atoms with Crippen molar-refractivity contribution in [3.63, 3.8) is 0 Å². The molecule has 1 atom stereocenters. The monoisotopic (exact) mass is 264 g/mol. The van der Waals surface area contributed by atoms with Gasteiger partial charge in [-0.3, -0.25) is 4.79 Å². The Kier molecular flexibility index (Phi) is 4.13. The minimum atomic E-state index is -0.203. The molecule has 0 saturated carbocycles. The Morgan fingerprint density at radius 1 is 1.44 bits per heavy atom. The van der Waals surface area contributed by atoms with E-state index in [-0.39, 0.29) is 10.9 Å². The fourth-order valence-corrected chi connectivity index (χ4v) is 3.33. The minimum absolute atomic E-state index is 0.107. The van der Waals surface area contributed by atoms with Crippen molar-refractivity contribution in [3.8, 4) is 0 Å². The number of hydrogen-bond acceptors (Lipinski definition) is 3. The molecule has 18 heavy (non-hydrogen) atoms. The first kappa shape index (κ1) is 13.6. The number of rotatable bonds is 5. The average molecular weight is 264 g/mol. The van der Waals surface area contributed by atoms with Gasteiger partial charge in [0.15, 0.2) is 0 Å². The third-order valence-corrected chi connectivity index (χ3v) is 4.90. The van der Waals surface area contributed by atoms with Gasteiger partial charge < -0.3 is 4.74 Å². The lowest BCUT2D eigenvalue weighted by Crippen LogP contribution is -2.26. The Morgan fingerprint density at radius 2 is 2.17 bits per heavy atom. The lowest BCUT2D eigenvalue weighted by Gasteiger charge is -2.22. The van der Waals surface area contributed by atoms with Gasteiger partial charge in [0.05, 0.1) is 10.9 Å². The summed E-state index contributed by atoms with van der Waals surface area (Å²) in [5.41, 5.74) is 1.11. The van der Waals surface area contributed by atoms with Gasteiger partial charge in [-0.15, -0.1) is 11.8 Å². The van der Waals surface area contributed by atoms with Gasteiger partial charge in [0.1, 0.15) is 5.78 Å². The van der Waals surface area contributed by atoms with Crippen LogP contribution in [0.15, 0.2) is 29.2 Å². The number of methoxy groups -OCH3 is 1. The van der Waals surface area contributed by atoms with Gasteiger partial charge in [0.2, 0.25) is 0 Å². The van der Waals surface area contributed by atoms with Crippen molar-refractivity contribution in [3.05, 3.63) is 29.8 Å². The number of fused-ring (bicyclic) bond motifs is 1. The number of carbonyl (C=O) groups excluding carboxylic acids is 1. The summed E-state index contributed by atoms with van der Waals surface area (Å²) in [6.07, 6.45) is 2.27. The quantitative estimate of drug-likeness (QED) is 0.814. The van der Waals surface area contributed by atoms with Crippen LogP contribution in [0, 0.1) is 0 Å². The molecule has 0 N–H and O–H groups in total. The van der Waals surface area contributed by atoms with Gasteiger partial charge >= 0.3 is 0 Å². The Balaban J connectivity index is 1.90. The van der Waals surface area contributed by atoms with Crippen LogP contribution in [0.1, 0.15) is 32.3 Å². The second-order valence-electron chi connectivity index (χ2n) is 5.35. The molecule has 1 aromatic rings. The summed E-state index contributed by atoms with van der Waals surface area (Å²) in [6, 6.07) is 8.30. The van der Waals surface area contributed by atoms with Crippen LogP contribution in [-0.4, -0.2) is 23.7 Å². The number of Topliss-reactive ketones (excluding diaryl/α,β-unsaturated/α-hetero) is 1. The van der Waals surface area contributed by atoms with E-state index in [0.717, 1.165) is 12.8 Å². The molecule has 2 rings (SSSR count). The lowest BCUT2D eigenvalue weighted by atomic mass is 9.98. The molecular formula is C15H20O2S. The molecule has 1 unspecified atom stereocenters. The van der Waals surface area contributed by atoms with Crippen LogP contribution >= 0.6 is 11.8 Å². The highest BCUT2D eigenvalue weighted by Gasteiger charge is 2.29. The smallest absolute Gasteiger partial charge is 0.146 e. The molecule has 0 radical (unpaired) electrons. The van der Waals surface area contributed by atoms with Crippen molar-refractivity contribution in [1.82, 2.24) is 0 Å². The predicted octanol–water partition coefficient (Wildman–Crippen LogP) is 3.48. The van der Waals surface area contributed by atoms with Gasteiger partial charge in [-0.05, 0) is 38.3 Å². The van der Waals surface area contributed by atoms with Crippen LogP contribution in [-0.2, 0) is 16.0 Å². The Bertz CT molecular complexity index is 415. The summed E-state index contributed by atoms with van der Waals surface area (Å²) in [7, 11) is 1.70. The topological polar surface area (TPSA) is 26.3 Å². The number of ketones is 1. The van der Waals surface area contributed by atoms with E-state index in [1.807, 2.05) is 26.0 Å². The maximum atomic E-state index is 12.2. The summed E-state index contributed by atoms with van der Waals surface area (Å²) < 4.78 is 5.35. The van der Waals surface area contributed by atoms with E-state index in [1.165, 1.54) is 10.5 Å². The Labute approximate surface area is 113 Å². The summed E-state index contributed by atoms with van der Waals surface area (Å²) in [4.78, 5) is 13.5. The summed E-state index contributed by atoms with van der Waals surface area (Å²) >= 11 is 1.71. The Morgan fingerprint density at radius 3 is 2.83 bits per heavy atom. The van der Waals surface area contributed by atoms with E-state index >= 15 is 0 Å². The fourth-order valence-electron chi connectivity index (χ4n) is 2.05. The number of hydrogen-bond donors (Lipinski definition) is 0. The molecular weight excluding hydrogens is 244 g/mol. The number of carbonyl (C=O) groups is 1. The number of ether oxygens (including phenoxy) is 1. The molecule has 1 heterocycles. The predicted molar refractivity (Wildman–Crippen MR) is 75.1 cm³/mol. The van der Waals surface area contributed by atoms with Crippen molar-refractivity contribution >= 4 is 17.5 Å². The van der Waals surface area contributed by atoms with Crippen molar-refractivity contribution in [2.24, 2.45) is 0 Å². The van der Waals surface area contributed by atoms with E-state index in [0.29, 0.717) is 12.2 Å². The molecule has 0 aliphatic carbocycles. The van der Waals surface area contributed by atoms with Crippen LogP contribution in [0.4, 0.5) is 0 Å². The summed E-state index contributed by atoms with van der Waals surface area (Å²) in [6.45, 7) is 4.05. The highest BCUT2D eigenvalue weighted by Crippen LogP contribution is 2.38. The van der Waals surface area contributed by atoms with E-state index in [1.54, 1.807) is 18.9 Å². The van der Waals surface area contributed by atoms with E-state index in [2.05, 4.69) is 12.1 Å². The fraction of sp³-hybridized carbons (Fsp3) is 0.533. The zero-order chi connectivity index (χ0) is 13.2. The minimum Gasteiger partial charge on any atom is -0.379 e. The highest BCUT2D eigenvalue weighted by molar-refractivity contribution is 8.01. The summed E-state index contributed by atoms with van der Waals surface area (Å²) in [5, 5.41) is 0.107. The molecule has 3 heteroatoms. The van der Waals surface area contributed by atoms with Crippen LogP contribution in [0.2, 0.25) is 0 Å². The molecule has 0 fully saturated rings. The standard InChI is InChI=1S/C15H20O2S/c1-15(2,17-3)9-8-12(16)14-10-11-6-4-5-7-13(11)18-14/h4-7,14H,8-10H2,1-3H3. The van der Waals surface area contributed by atoms with Gasteiger partial charge in [-0.2, -0.15) is 0 Å². The normalized spacial score (nSPS) is 18.7. The SMILES string of the molecule is COC(C)(C)CCC(=O)C1Cc2ccccc2S1. The zero-order valence-electron chi connectivity index (χ0n) is 11.2. The van der Waals surface area contributed by atoms with E-state index in [4.69, 9.17) is 4.74 Å². The zero-order valence-corrected chi connectivity index (χ0v) is 12.0. The van der Waals surface area contributed by atoms with Crippen molar-refractivity contribution in [1.29, 1.82) is 0 Å². The van der Waals surface area contributed by atoms with Crippen molar-refractivity contribution < 1.29 is 9.53 Å². The number of benzene rings is 1. The summed E-state index contributed by atoms with van der Waals surface area (Å²) in [5.74, 6) is 0.348. The molecule has 0 bridgehead atoms. The van der Waals surface area contributed by atoms with Gasteiger partial charge in [0, 0.05) is 18.4 Å². The largest absolute Gasteiger partial charge is 0.379 e. The van der Waals surface area contributed by atoms with Gasteiger partial charge in [0.25, 0.3) is 0 Å². The van der Waals surface area contributed by atoms with Gasteiger partial charge in [-0.1, -0.05) is 18.2 Å². The third-order valence-electron chi connectivity index (χ3n) is 3.53. The van der Waals surface area contributed by atoms with Crippen molar-refractivity contribution in [2.45, 2.75) is 48.9 Å². The third kappa shape index (κ3) is 3.15.